The first-order chi connectivity index (χ1) is 11.6. The topological polar surface area (TPSA) is 81.8 Å². The van der Waals surface area contributed by atoms with Crippen molar-refractivity contribution in [2.45, 2.75) is 44.6 Å². The lowest BCUT2D eigenvalue weighted by Gasteiger charge is -2.44. The third-order valence-corrected chi connectivity index (χ3v) is 5.58. The van der Waals surface area contributed by atoms with Crippen LogP contribution in [0.1, 0.15) is 39.0 Å². The summed E-state index contributed by atoms with van der Waals surface area (Å²) in [7, 11) is 0. The summed E-state index contributed by atoms with van der Waals surface area (Å²) in [5.41, 5.74) is -0.494. The number of piperazine rings is 1. The number of nitrogens with one attached hydrogen (secondary N) is 2. The van der Waals surface area contributed by atoms with E-state index in [1.165, 1.54) is 0 Å². The van der Waals surface area contributed by atoms with Crippen LogP contribution in [0.3, 0.4) is 0 Å². The minimum absolute atomic E-state index is 0.0678. The average Bonchev–Trinajstić information content (AvgIpc) is 2.60. The zero-order chi connectivity index (χ0) is 17.2. The van der Waals surface area contributed by atoms with Gasteiger partial charge in [-0.2, -0.15) is 0 Å². The highest BCUT2D eigenvalue weighted by Gasteiger charge is 2.44. The lowest BCUT2D eigenvalue weighted by molar-refractivity contribution is -0.146. The quantitative estimate of drug-likeness (QED) is 0.742. The molecule has 7 nitrogen and oxygen atoms in total. The second-order valence-corrected chi connectivity index (χ2v) is 7.17. The summed E-state index contributed by atoms with van der Waals surface area (Å²) in [5, 5.41) is 6.28. The number of hydrogen-bond acceptors (Lipinski definition) is 4. The lowest BCUT2D eigenvalue weighted by Crippen LogP contribution is -2.67. The molecule has 1 spiro atoms. The van der Waals surface area contributed by atoms with E-state index in [9.17, 15) is 14.4 Å². The van der Waals surface area contributed by atoms with Crippen molar-refractivity contribution in [3.8, 4) is 0 Å². The van der Waals surface area contributed by atoms with Gasteiger partial charge in [-0.3, -0.25) is 14.4 Å². The Labute approximate surface area is 143 Å². The van der Waals surface area contributed by atoms with E-state index in [4.69, 9.17) is 0 Å². The maximum Gasteiger partial charge on any atom is 0.240 e. The summed E-state index contributed by atoms with van der Waals surface area (Å²) >= 11 is 0. The van der Waals surface area contributed by atoms with E-state index in [-0.39, 0.29) is 23.6 Å². The van der Waals surface area contributed by atoms with E-state index in [2.05, 4.69) is 10.6 Å². The first-order valence-electron chi connectivity index (χ1n) is 9.15. The molecule has 0 aromatic rings. The summed E-state index contributed by atoms with van der Waals surface area (Å²) < 4.78 is 0. The van der Waals surface area contributed by atoms with E-state index in [1.807, 2.05) is 16.7 Å². The highest BCUT2D eigenvalue weighted by Crippen LogP contribution is 2.27. The van der Waals surface area contributed by atoms with Gasteiger partial charge >= 0.3 is 0 Å². The second kappa shape index (κ2) is 7.09. The maximum atomic E-state index is 12.8. The van der Waals surface area contributed by atoms with Crippen molar-refractivity contribution in [2.75, 3.05) is 39.3 Å². The molecular formula is C17H28N4O3. The number of amides is 3. The Balaban J connectivity index is 1.57. The number of carbonyl (C=O) groups is 3. The molecule has 3 amide bonds. The van der Waals surface area contributed by atoms with Crippen molar-refractivity contribution in [1.29, 1.82) is 0 Å². The van der Waals surface area contributed by atoms with E-state index in [1.54, 1.807) is 0 Å². The van der Waals surface area contributed by atoms with Crippen molar-refractivity contribution in [2.24, 2.45) is 5.92 Å². The van der Waals surface area contributed by atoms with Crippen molar-refractivity contribution >= 4 is 17.7 Å². The van der Waals surface area contributed by atoms with Gasteiger partial charge in [0, 0.05) is 45.7 Å². The van der Waals surface area contributed by atoms with Gasteiger partial charge in [0.05, 0.1) is 5.92 Å². The largest absolute Gasteiger partial charge is 0.353 e. The van der Waals surface area contributed by atoms with Gasteiger partial charge in [0.25, 0.3) is 0 Å². The van der Waals surface area contributed by atoms with Gasteiger partial charge < -0.3 is 20.4 Å². The van der Waals surface area contributed by atoms with Gasteiger partial charge in [0.1, 0.15) is 5.54 Å². The summed E-state index contributed by atoms with van der Waals surface area (Å²) in [4.78, 5) is 40.6. The molecule has 0 aromatic heterocycles. The molecule has 24 heavy (non-hydrogen) atoms. The van der Waals surface area contributed by atoms with E-state index in [0.29, 0.717) is 51.9 Å². The zero-order valence-corrected chi connectivity index (χ0v) is 14.5. The summed E-state index contributed by atoms with van der Waals surface area (Å²) in [5.74, 6) is 0.297. The predicted molar refractivity (Wildman–Crippen MR) is 89.2 cm³/mol. The molecule has 134 valence electrons. The Kier molecular flexibility index (Phi) is 5.08. The van der Waals surface area contributed by atoms with Crippen molar-refractivity contribution in [3.05, 3.63) is 0 Å². The molecule has 0 saturated carbocycles. The Morgan fingerprint density at radius 1 is 1.25 bits per heavy atom. The van der Waals surface area contributed by atoms with Crippen LogP contribution >= 0.6 is 0 Å². The molecule has 0 radical (unpaired) electrons. The Hall–Kier alpha value is -1.63. The Bertz CT molecular complexity index is 514. The second-order valence-electron chi connectivity index (χ2n) is 7.17. The number of piperidine rings is 2. The van der Waals surface area contributed by atoms with Crippen LogP contribution in [0.25, 0.3) is 0 Å². The molecule has 3 aliphatic heterocycles. The van der Waals surface area contributed by atoms with Gasteiger partial charge in [-0.05, 0) is 25.7 Å². The fourth-order valence-electron chi connectivity index (χ4n) is 4.10. The third-order valence-electron chi connectivity index (χ3n) is 5.58. The first-order valence-corrected chi connectivity index (χ1v) is 9.15. The molecule has 3 rings (SSSR count). The fourth-order valence-corrected chi connectivity index (χ4v) is 4.10. The highest BCUT2D eigenvalue weighted by atomic mass is 16.2. The predicted octanol–water partition coefficient (Wildman–Crippen LogP) is -0.284. The monoisotopic (exact) mass is 336 g/mol. The molecule has 3 heterocycles. The van der Waals surface area contributed by atoms with Gasteiger partial charge in [-0.1, -0.05) is 6.92 Å². The lowest BCUT2D eigenvalue weighted by atomic mass is 9.84. The molecule has 2 N–H and O–H groups in total. The van der Waals surface area contributed by atoms with Gasteiger partial charge in [0.15, 0.2) is 0 Å². The van der Waals surface area contributed by atoms with Crippen molar-refractivity contribution in [1.82, 2.24) is 20.4 Å². The molecule has 3 fully saturated rings. The van der Waals surface area contributed by atoms with Crippen LogP contribution in [0, 0.1) is 5.92 Å². The average molecular weight is 336 g/mol. The zero-order valence-electron chi connectivity index (χ0n) is 14.5. The molecule has 0 aromatic carbocycles. The molecule has 1 atom stereocenters. The minimum atomic E-state index is -0.494. The number of rotatable bonds is 3. The van der Waals surface area contributed by atoms with Gasteiger partial charge in [0.2, 0.25) is 17.7 Å². The number of hydrogen-bond donors (Lipinski definition) is 2. The van der Waals surface area contributed by atoms with Gasteiger partial charge in [-0.15, -0.1) is 0 Å². The minimum Gasteiger partial charge on any atom is -0.353 e. The van der Waals surface area contributed by atoms with Crippen LogP contribution < -0.4 is 10.6 Å². The maximum absolute atomic E-state index is 12.8. The molecule has 3 aliphatic rings. The summed E-state index contributed by atoms with van der Waals surface area (Å²) in [6, 6.07) is 0. The van der Waals surface area contributed by atoms with Crippen LogP contribution in [0.15, 0.2) is 0 Å². The molecule has 0 bridgehead atoms. The van der Waals surface area contributed by atoms with Crippen LogP contribution in [0.5, 0.6) is 0 Å². The number of carbonyl (C=O) groups excluding carboxylic acids is 3. The van der Waals surface area contributed by atoms with Gasteiger partial charge in [-0.25, -0.2) is 0 Å². The Morgan fingerprint density at radius 3 is 2.67 bits per heavy atom. The summed E-state index contributed by atoms with van der Waals surface area (Å²) in [6.07, 6.45) is 3.36. The van der Waals surface area contributed by atoms with E-state index >= 15 is 0 Å². The number of likely N-dealkylation sites (tertiary alicyclic amines) is 2. The van der Waals surface area contributed by atoms with E-state index < -0.39 is 5.54 Å². The van der Waals surface area contributed by atoms with Crippen LogP contribution in [-0.2, 0) is 14.4 Å². The SMILES string of the molecule is CCCN1CC(C(=O)N2CCC3(CC2)NCCNC3=O)CCC1=O. The van der Waals surface area contributed by atoms with E-state index in [0.717, 1.165) is 19.5 Å². The van der Waals surface area contributed by atoms with Crippen LogP contribution in [0.2, 0.25) is 0 Å². The molecule has 7 heteroatoms. The smallest absolute Gasteiger partial charge is 0.240 e. The number of nitrogens with zero attached hydrogens (tertiary/aromatic N) is 2. The standard InChI is InChI=1S/C17H28N4O3/c1-2-9-21-12-13(3-4-14(21)22)15(23)20-10-5-17(6-11-20)16(24)18-7-8-19-17/h13,19H,2-12H2,1H3,(H,18,24). The molecular weight excluding hydrogens is 308 g/mol. The molecule has 3 saturated heterocycles. The van der Waals surface area contributed by atoms with Crippen molar-refractivity contribution < 1.29 is 14.4 Å². The first kappa shape index (κ1) is 17.2. The van der Waals surface area contributed by atoms with Crippen molar-refractivity contribution in [3.63, 3.8) is 0 Å². The van der Waals surface area contributed by atoms with Crippen LogP contribution in [-0.4, -0.2) is 72.3 Å². The third kappa shape index (κ3) is 3.27. The molecule has 1 unspecified atom stereocenters. The normalized spacial score (nSPS) is 27.3. The Morgan fingerprint density at radius 2 is 2.00 bits per heavy atom. The highest BCUT2D eigenvalue weighted by molar-refractivity contribution is 5.88. The van der Waals surface area contributed by atoms with Crippen LogP contribution in [0.4, 0.5) is 0 Å². The fraction of sp³-hybridized carbons (Fsp3) is 0.824. The summed E-state index contributed by atoms with van der Waals surface area (Å²) in [6.45, 7) is 6.00. The molecule has 0 aliphatic carbocycles.